The summed E-state index contributed by atoms with van der Waals surface area (Å²) in [7, 11) is 0. The van der Waals surface area contributed by atoms with Gasteiger partial charge in [0.2, 0.25) is 5.91 Å². The number of rotatable bonds is 6. The molecule has 4 rings (SSSR count). The normalized spacial score (nSPS) is 14.7. The molecule has 2 heterocycles. The number of benzene rings is 2. The van der Waals surface area contributed by atoms with Crippen molar-refractivity contribution in [2.24, 2.45) is 5.92 Å². The molecule has 31 heavy (non-hydrogen) atoms. The Balaban J connectivity index is 1.22. The Bertz CT molecular complexity index is 1070. The van der Waals surface area contributed by atoms with Crippen LogP contribution < -0.4 is 5.32 Å². The predicted molar refractivity (Wildman–Crippen MR) is 117 cm³/mol. The number of para-hydroxylation sites is 2. The number of fused-ring (bicyclic) bond motifs is 1. The minimum absolute atomic E-state index is 0.0566. The zero-order valence-corrected chi connectivity index (χ0v) is 17.7. The van der Waals surface area contributed by atoms with Crippen molar-refractivity contribution in [1.29, 1.82) is 0 Å². The second-order valence-corrected chi connectivity index (χ2v) is 8.02. The van der Waals surface area contributed by atoms with Gasteiger partial charge in [0, 0.05) is 37.7 Å². The molecule has 1 aliphatic heterocycles. The topological polar surface area (TPSA) is 67.2 Å². The SMILES string of the molecule is Cc1nc2ccccc2n1CCCNC(=O)C1CCN(C(=O)c2ccc(F)cc2)CC1. The summed E-state index contributed by atoms with van der Waals surface area (Å²) in [6, 6.07) is 13.7. The number of imidazole rings is 1. The van der Waals surface area contributed by atoms with E-state index in [1.54, 1.807) is 4.90 Å². The lowest BCUT2D eigenvalue weighted by atomic mass is 9.95. The molecule has 6 nitrogen and oxygen atoms in total. The minimum Gasteiger partial charge on any atom is -0.356 e. The first-order valence-corrected chi connectivity index (χ1v) is 10.8. The first-order valence-electron chi connectivity index (χ1n) is 10.8. The van der Waals surface area contributed by atoms with Crippen LogP contribution in [0.5, 0.6) is 0 Å². The molecular formula is C24H27FN4O2. The van der Waals surface area contributed by atoms with E-state index in [-0.39, 0.29) is 23.5 Å². The molecule has 3 aromatic rings. The summed E-state index contributed by atoms with van der Waals surface area (Å²) in [6.45, 7) is 4.49. The largest absolute Gasteiger partial charge is 0.356 e. The lowest BCUT2D eigenvalue weighted by Crippen LogP contribution is -2.43. The summed E-state index contributed by atoms with van der Waals surface area (Å²) >= 11 is 0. The van der Waals surface area contributed by atoms with E-state index in [1.807, 2.05) is 25.1 Å². The molecule has 0 bridgehead atoms. The number of hydrogen-bond acceptors (Lipinski definition) is 3. The van der Waals surface area contributed by atoms with Crippen molar-refractivity contribution in [2.75, 3.05) is 19.6 Å². The molecule has 0 aliphatic carbocycles. The van der Waals surface area contributed by atoms with E-state index < -0.39 is 0 Å². The van der Waals surface area contributed by atoms with Gasteiger partial charge in [-0.2, -0.15) is 0 Å². The van der Waals surface area contributed by atoms with Crippen LogP contribution >= 0.6 is 0 Å². The zero-order valence-electron chi connectivity index (χ0n) is 17.7. The molecule has 1 fully saturated rings. The minimum atomic E-state index is -0.358. The molecular weight excluding hydrogens is 395 g/mol. The van der Waals surface area contributed by atoms with Gasteiger partial charge in [-0.15, -0.1) is 0 Å². The Morgan fingerprint density at radius 1 is 1.10 bits per heavy atom. The van der Waals surface area contributed by atoms with E-state index in [4.69, 9.17) is 0 Å². The van der Waals surface area contributed by atoms with Gasteiger partial charge in [-0.1, -0.05) is 12.1 Å². The number of carbonyl (C=O) groups excluding carboxylic acids is 2. The third-order valence-corrected chi connectivity index (χ3v) is 5.95. The van der Waals surface area contributed by atoms with Crippen LogP contribution in [0.4, 0.5) is 4.39 Å². The molecule has 1 aromatic heterocycles. The number of aromatic nitrogens is 2. The van der Waals surface area contributed by atoms with Crippen molar-refractivity contribution < 1.29 is 14.0 Å². The fourth-order valence-electron chi connectivity index (χ4n) is 4.19. The number of hydrogen-bond donors (Lipinski definition) is 1. The predicted octanol–water partition coefficient (Wildman–Crippen LogP) is 3.54. The number of piperidine rings is 1. The highest BCUT2D eigenvalue weighted by atomic mass is 19.1. The molecule has 0 saturated carbocycles. The Kier molecular flexibility index (Phi) is 6.30. The highest BCUT2D eigenvalue weighted by Gasteiger charge is 2.27. The number of nitrogens with zero attached hydrogens (tertiary/aromatic N) is 3. The summed E-state index contributed by atoms with van der Waals surface area (Å²) in [5.74, 6) is 0.491. The third kappa shape index (κ3) is 4.76. The molecule has 0 spiro atoms. The van der Waals surface area contributed by atoms with Gasteiger partial charge < -0.3 is 14.8 Å². The maximum absolute atomic E-state index is 13.1. The van der Waals surface area contributed by atoms with Crippen LogP contribution in [0.25, 0.3) is 11.0 Å². The van der Waals surface area contributed by atoms with Gasteiger partial charge in [0.1, 0.15) is 11.6 Å². The average molecular weight is 423 g/mol. The zero-order chi connectivity index (χ0) is 21.8. The number of halogens is 1. The molecule has 1 N–H and O–H groups in total. The molecule has 0 atom stereocenters. The number of amides is 2. The van der Waals surface area contributed by atoms with Gasteiger partial charge in [0.25, 0.3) is 5.91 Å². The Morgan fingerprint density at radius 2 is 1.81 bits per heavy atom. The van der Waals surface area contributed by atoms with Crippen LogP contribution in [0.15, 0.2) is 48.5 Å². The van der Waals surface area contributed by atoms with Crippen LogP contribution in [0, 0.1) is 18.7 Å². The van der Waals surface area contributed by atoms with E-state index in [0.717, 1.165) is 29.8 Å². The molecule has 0 radical (unpaired) electrons. The van der Waals surface area contributed by atoms with Crippen molar-refractivity contribution in [1.82, 2.24) is 19.8 Å². The van der Waals surface area contributed by atoms with E-state index in [0.29, 0.717) is 38.0 Å². The quantitative estimate of drug-likeness (QED) is 0.618. The molecule has 1 saturated heterocycles. The van der Waals surface area contributed by atoms with Gasteiger partial charge in [-0.3, -0.25) is 9.59 Å². The van der Waals surface area contributed by atoms with Crippen molar-refractivity contribution in [2.45, 2.75) is 32.7 Å². The van der Waals surface area contributed by atoms with Crippen molar-refractivity contribution >= 4 is 22.8 Å². The Hall–Kier alpha value is -3.22. The number of likely N-dealkylation sites (tertiary alicyclic amines) is 1. The molecule has 1 aliphatic rings. The molecule has 2 aromatic carbocycles. The van der Waals surface area contributed by atoms with Gasteiger partial charge in [0.15, 0.2) is 0 Å². The second kappa shape index (κ2) is 9.29. The van der Waals surface area contributed by atoms with E-state index in [2.05, 4.69) is 20.9 Å². The number of nitrogens with one attached hydrogen (secondary N) is 1. The van der Waals surface area contributed by atoms with Gasteiger partial charge in [0.05, 0.1) is 11.0 Å². The monoisotopic (exact) mass is 422 g/mol. The lowest BCUT2D eigenvalue weighted by Gasteiger charge is -2.31. The standard InChI is InChI=1S/C24H27FN4O2/c1-17-27-21-5-2-3-6-22(21)29(17)14-4-13-26-23(30)18-11-15-28(16-12-18)24(31)19-7-9-20(25)10-8-19/h2-3,5-10,18H,4,11-16H2,1H3,(H,26,30). The molecule has 2 amide bonds. The first kappa shape index (κ1) is 21.0. The van der Waals surface area contributed by atoms with Gasteiger partial charge in [-0.05, 0) is 62.6 Å². The van der Waals surface area contributed by atoms with E-state index in [1.165, 1.54) is 24.3 Å². The van der Waals surface area contributed by atoms with E-state index >= 15 is 0 Å². The highest BCUT2D eigenvalue weighted by Crippen LogP contribution is 2.20. The fourth-order valence-corrected chi connectivity index (χ4v) is 4.19. The summed E-state index contributed by atoms with van der Waals surface area (Å²) in [5, 5.41) is 3.05. The van der Waals surface area contributed by atoms with Crippen LogP contribution in [-0.4, -0.2) is 45.9 Å². The van der Waals surface area contributed by atoms with Crippen molar-refractivity contribution in [3.63, 3.8) is 0 Å². The number of carbonyl (C=O) groups is 2. The second-order valence-electron chi connectivity index (χ2n) is 8.02. The van der Waals surface area contributed by atoms with E-state index in [9.17, 15) is 14.0 Å². The van der Waals surface area contributed by atoms with Gasteiger partial charge in [-0.25, -0.2) is 9.37 Å². The fraction of sp³-hybridized carbons (Fsp3) is 0.375. The van der Waals surface area contributed by atoms with Crippen LogP contribution in [-0.2, 0) is 11.3 Å². The van der Waals surface area contributed by atoms with Crippen LogP contribution in [0.1, 0.15) is 35.4 Å². The van der Waals surface area contributed by atoms with Crippen LogP contribution in [0.3, 0.4) is 0 Å². The average Bonchev–Trinajstić information content (AvgIpc) is 3.11. The van der Waals surface area contributed by atoms with Gasteiger partial charge >= 0.3 is 0 Å². The highest BCUT2D eigenvalue weighted by molar-refractivity contribution is 5.94. The first-order chi connectivity index (χ1) is 15.0. The maximum atomic E-state index is 13.1. The smallest absolute Gasteiger partial charge is 0.253 e. The Labute approximate surface area is 181 Å². The molecule has 0 unspecified atom stereocenters. The molecule has 7 heteroatoms. The lowest BCUT2D eigenvalue weighted by molar-refractivity contribution is -0.126. The number of aryl methyl sites for hydroxylation is 2. The Morgan fingerprint density at radius 3 is 2.55 bits per heavy atom. The molecule has 162 valence electrons. The summed E-state index contributed by atoms with van der Waals surface area (Å²) in [6.07, 6.45) is 2.11. The summed E-state index contributed by atoms with van der Waals surface area (Å²) in [4.78, 5) is 31.4. The van der Waals surface area contributed by atoms with Crippen molar-refractivity contribution in [3.05, 3.63) is 65.7 Å². The van der Waals surface area contributed by atoms with Crippen LogP contribution in [0.2, 0.25) is 0 Å². The maximum Gasteiger partial charge on any atom is 0.253 e. The summed E-state index contributed by atoms with van der Waals surface area (Å²) in [5.41, 5.74) is 2.59. The summed E-state index contributed by atoms with van der Waals surface area (Å²) < 4.78 is 15.2. The third-order valence-electron chi connectivity index (χ3n) is 5.95. The van der Waals surface area contributed by atoms with Crippen molar-refractivity contribution in [3.8, 4) is 0 Å².